The van der Waals surface area contributed by atoms with Gasteiger partial charge in [-0.05, 0) is 41.5 Å². The van der Waals surface area contributed by atoms with Gasteiger partial charge in [0.25, 0.3) is 0 Å². The largest absolute Gasteiger partial charge is 0.309 e. The van der Waals surface area contributed by atoms with E-state index in [-0.39, 0.29) is 0 Å². The molecular weight excluding hydrogens is 532 g/mol. The van der Waals surface area contributed by atoms with E-state index in [0.29, 0.717) is 0 Å². The Labute approximate surface area is 255 Å². The first-order valence-corrected chi connectivity index (χ1v) is 15.1. The highest BCUT2D eigenvalue weighted by molar-refractivity contribution is 6.12. The van der Waals surface area contributed by atoms with Crippen LogP contribution in [0, 0.1) is 0 Å². The summed E-state index contributed by atoms with van der Waals surface area (Å²) in [6.07, 6.45) is 0. The second kappa shape index (κ2) is 9.86. The standard InChI is InChI=1S/C42H28N2/c1-3-14-29(15-4-1)32-21-13-22-33(30-16-5-2-6-17-30)42(32)44-40-25-12-9-20-36(40)37-27-26-31(28-41(37)44)43-38-23-10-7-18-34(38)35-19-8-11-24-39(35)43/h1-28H. The van der Waals surface area contributed by atoms with E-state index in [9.17, 15) is 0 Å². The molecule has 0 radical (unpaired) electrons. The third kappa shape index (κ3) is 3.68. The molecule has 0 spiro atoms. The Balaban J connectivity index is 1.43. The van der Waals surface area contributed by atoms with Crippen LogP contribution in [0.1, 0.15) is 0 Å². The van der Waals surface area contributed by atoms with Gasteiger partial charge >= 0.3 is 0 Å². The molecule has 9 aromatic rings. The molecule has 0 fully saturated rings. The SMILES string of the molecule is c1ccc(-c2cccc(-c3ccccc3)c2-n2c3ccccc3c3ccc(-n4c5ccccc5c5ccccc54)cc32)cc1. The number of benzene rings is 7. The van der Waals surface area contributed by atoms with Crippen LogP contribution in [0.5, 0.6) is 0 Å². The summed E-state index contributed by atoms with van der Waals surface area (Å²) in [4.78, 5) is 0. The highest BCUT2D eigenvalue weighted by Crippen LogP contribution is 2.42. The van der Waals surface area contributed by atoms with Gasteiger partial charge in [0.05, 0.1) is 27.8 Å². The lowest BCUT2D eigenvalue weighted by Gasteiger charge is -2.19. The number of nitrogens with zero attached hydrogens (tertiary/aromatic N) is 2. The van der Waals surface area contributed by atoms with Crippen LogP contribution in [-0.4, -0.2) is 9.13 Å². The second-order valence-electron chi connectivity index (χ2n) is 11.4. The van der Waals surface area contributed by atoms with Crippen LogP contribution >= 0.6 is 0 Å². The summed E-state index contributed by atoms with van der Waals surface area (Å²) in [6, 6.07) is 61.4. The molecule has 9 rings (SSSR count). The van der Waals surface area contributed by atoms with Crippen molar-refractivity contribution in [2.45, 2.75) is 0 Å². The summed E-state index contributed by atoms with van der Waals surface area (Å²) >= 11 is 0. The zero-order chi connectivity index (χ0) is 29.0. The van der Waals surface area contributed by atoms with Gasteiger partial charge in [0.1, 0.15) is 0 Å². The van der Waals surface area contributed by atoms with Crippen molar-refractivity contribution >= 4 is 43.6 Å². The van der Waals surface area contributed by atoms with Crippen LogP contribution in [0.25, 0.3) is 77.2 Å². The summed E-state index contributed by atoms with van der Waals surface area (Å²) in [5, 5.41) is 5.03. The minimum Gasteiger partial charge on any atom is -0.309 e. The van der Waals surface area contributed by atoms with Crippen LogP contribution in [0.4, 0.5) is 0 Å². The lowest BCUT2D eigenvalue weighted by Crippen LogP contribution is -2.01. The van der Waals surface area contributed by atoms with E-state index < -0.39 is 0 Å². The zero-order valence-electron chi connectivity index (χ0n) is 24.1. The van der Waals surface area contributed by atoms with Crippen molar-refractivity contribution in [2.75, 3.05) is 0 Å². The van der Waals surface area contributed by atoms with Gasteiger partial charge in [-0.15, -0.1) is 0 Å². The van der Waals surface area contributed by atoms with Crippen LogP contribution in [0.3, 0.4) is 0 Å². The van der Waals surface area contributed by atoms with E-state index in [0.717, 1.165) is 5.69 Å². The predicted molar refractivity (Wildman–Crippen MR) is 186 cm³/mol. The molecule has 7 aromatic carbocycles. The van der Waals surface area contributed by atoms with Gasteiger partial charge in [-0.2, -0.15) is 0 Å². The van der Waals surface area contributed by atoms with Gasteiger partial charge in [0.2, 0.25) is 0 Å². The van der Waals surface area contributed by atoms with Gasteiger partial charge in [-0.3, -0.25) is 0 Å². The molecular formula is C42H28N2. The van der Waals surface area contributed by atoms with Crippen molar-refractivity contribution in [3.63, 3.8) is 0 Å². The lowest BCUT2D eigenvalue weighted by molar-refractivity contribution is 1.16. The first kappa shape index (κ1) is 24.7. The molecule has 44 heavy (non-hydrogen) atoms. The van der Waals surface area contributed by atoms with E-state index in [2.05, 4.69) is 179 Å². The molecule has 0 unspecified atom stereocenters. The topological polar surface area (TPSA) is 9.86 Å². The van der Waals surface area contributed by atoms with E-state index >= 15 is 0 Å². The van der Waals surface area contributed by atoms with Crippen molar-refractivity contribution < 1.29 is 0 Å². The van der Waals surface area contributed by atoms with Gasteiger partial charge in [-0.25, -0.2) is 0 Å². The molecule has 0 saturated carbocycles. The van der Waals surface area contributed by atoms with Crippen molar-refractivity contribution in [1.29, 1.82) is 0 Å². The minimum absolute atomic E-state index is 1.15. The zero-order valence-corrected chi connectivity index (χ0v) is 24.1. The molecule has 0 N–H and O–H groups in total. The second-order valence-corrected chi connectivity index (χ2v) is 11.4. The lowest BCUT2D eigenvalue weighted by atomic mass is 9.95. The van der Waals surface area contributed by atoms with Crippen LogP contribution < -0.4 is 0 Å². The number of rotatable bonds is 4. The summed E-state index contributed by atoms with van der Waals surface area (Å²) in [5.74, 6) is 0. The predicted octanol–water partition coefficient (Wildman–Crippen LogP) is 11.2. The van der Waals surface area contributed by atoms with Crippen LogP contribution in [-0.2, 0) is 0 Å². The molecule has 2 heteroatoms. The highest BCUT2D eigenvalue weighted by Gasteiger charge is 2.21. The molecule has 0 aliphatic rings. The Kier molecular flexibility index (Phi) is 5.54. The van der Waals surface area contributed by atoms with E-state index in [4.69, 9.17) is 0 Å². The Morgan fingerprint density at radius 3 is 1.25 bits per heavy atom. The van der Waals surface area contributed by atoms with Gasteiger partial charge in [0, 0.05) is 38.4 Å². The quantitative estimate of drug-likeness (QED) is 0.203. The first-order chi connectivity index (χ1) is 21.9. The van der Waals surface area contributed by atoms with Gasteiger partial charge in [0.15, 0.2) is 0 Å². The summed E-state index contributed by atoms with van der Waals surface area (Å²) in [6.45, 7) is 0. The smallest absolute Gasteiger partial charge is 0.0618 e. The van der Waals surface area contributed by atoms with Gasteiger partial charge < -0.3 is 9.13 Å². The number of fused-ring (bicyclic) bond motifs is 6. The van der Waals surface area contributed by atoms with Crippen molar-refractivity contribution in [3.05, 3.63) is 170 Å². The fourth-order valence-electron chi connectivity index (χ4n) is 7.03. The Hall–Kier alpha value is -5.86. The van der Waals surface area contributed by atoms with Crippen LogP contribution in [0.2, 0.25) is 0 Å². The third-order valence-electron chi connectivity index (χ3n) is 8.92. The summed E-state index contributed by atoms with van der Waals surface area (Å²) < 4.78 is 4.90. The fraction of sp³-hybridized carbons (Fsp3) is 0. The van der Waals surface area contributed by atoms with Gasteiger partial charge in [-0.1, -0.05) is 140 Å². The molecule has 0 amide bonds. The average molecular weight is 561 g/mol. The van der Waals surface area contributed by atoms with Crippen molar-refractivity contribution in [1.82, 2.24) is 9.13 Å². The minimum atomic E-state index is 1.15. The number of hydrogen-bond acceptors (Lipinski definition) is 0. The molecule has 0 atom stereocenters. The third-order valence-corrected chi connectivity index (χ3v) is 8.92. The molecule has 0 aliphatic heterocycles. The maximum absolute atomic E-state index is 2.49. The Morgan fingerprint density at radius 2 is 0.727 bits per heavy atom. The molecule has 2 heterocycles. The Bertz CT molecular complexity index is 2370. The fourth-order valence-corrected chi connectivity index (χ4v) is 7.03. The number of para-hydroxylation sites is 4. The van der Waals surface area contributed by atoms with Crippen LogP contribution in [0.15, 0.2) is 170 Å². The molecule has 0 aliphatic carbocycles. The molecule has 0 saturated heterocycles. The number of hydrogen-bond donors (Lipinski definition) is 0. The highest BCUT2D eigenvalue weighted by atomic mass is 15.0. The summed E-state index contributed by atoms with van der Waals surface area (Å²) in [5.41, 5.74) is 12.0. The molecule has 2 nitrogen and oxygen atoms in total. The van der Waals surface area contributed by atoms with E-state index in [1.807, 2.05) is 0 Å². The van der Waals surface area contributed by atoms with E-state index in [1.54, 1.807) is 0 Å². The first-order valence-electron chi connectivity index (χ1n) is 15.1. The number of aromatic nitrogens is 2. The summed E-state index contributed by atoms with van der Waals surface area (Å²) in [7, 11) is 0. The maximum atomic E-state index is 2.49. The maximum Gasteiger partial charge on any atom is 0.0618 e. The Morgan fingerprint density at radius 1 is 0.295 bits per heavy atom. The monoisotopic (exact) mass is 560 g/mol. The average Bonchev–Trinajstić information content (AvgIpc) is 3.61. The van der Waals surface area contributed by atoms with E-state index in [1.165, 1.54) is 71.6 Å². The van der Waals surface area contributed by atoms with Crippen molar-refractivity contribution in [3.8, 4) is 33.6 Å². The molecule has 0 bridgehead atoms. The normalized spacial score (nSPS) is 11.6. The molecule has 206 valence electrons. The molecule has 2 aromatic heterocycles. The van der Waals surface area contributed by atoms with Crippen molar-refractivity contribution in [2.24, 2.45) is 0 Å².